The van der Waals surface area contributed by atoms with Gasteiger partial charge in [0.25, 0.3) is 0 Å². The molecule has 0 bridgehead atoms. The largest absolute Gasteiger partial charge is 0.350 e. The van der Waals surface area contributed by atoms with Crippen molar-refractivity contribution < 1.29 is 14.3 Å². The van der Waals surface area contributed by atoms with E-state index >= 15 is 0 Å². The zero-order chi connectivity index (χ0) is 10.6. The van der Waals surface area contributed by atoms with Crippen molar-refractivity contribution >= 4 is 6.29 Å². The van der Waals surface area contributed by atoms with Crippen molar-refractivity contribution in [2.45, 2.75) is 24.7 Å². The van der Waals surface area contributed by atoms with Crippen molar-refractivity contribution in [3.63, 3.8) is 0 Å². The lowest BCUT2D eigenvalue weighted by atomic mass is 9.93. The van der Waals surface area contributed by atoms with Gasteiger partial charge in [0.15, 0.2) is 6.29 Å². The summed E-state index contributed by atoms with van der Waals surface area (Å²) in [4.78, 5) is 11.0. The summed E-state index contributed by atoms with van der Waals surface area (Å²) in [5, 5.41) is 6.40. The molecule has 2 aliphatic rings. The minimum absolute atomic E-state index is 0.140. The van der Waals surface area contributed by atoms with E-state index in [1.165, 1.54) is 0 Å². The van der Waals surface area contributed by atoms with Gasteiger partial charge in [-0.3, -0.25) is 4.79 Å². The maximum atomic E-state index is 11.0. The van der Waals surface area contributed by atoms with E-state index in [9.17, 15) is 4.79 Å². The van der Waals surface area contributed by atoms with E-state index in [1.807, 2.05) is 0 Å². The van der Waals surface area contributed by atoms with E-state index in [0.29, 0.717) is 26.2 Å². The molecule has 2 N–H and O–H groups in total. The first-order chi connectivity index (χ1) is 7.35. The Balaban J connectivity index is 1.81. The SMILES string of the molecule is O=[C]C1(CCC2OCCO2)CNCCN1. The summed E-state index contributed by atoms with van der Waals surface area (Å²) in [6, 6.07) is 0. The third kappa shape index (κ3) is 2.75. The molecule has 2 aliphatic heterocycles. The van der Waals surface area contributed by atoms with Crippen LogP contribution >= 0.6 is 0 Å². The van der Waals surface area contributed by atoms with E-state index in [0.717, 1.165) is 19.5 Å². The van der Waals surface area contributed by atoms with Crippen LogP contribution in [0.4, 0.5) is 0 Å². The highest BCUT2D eigenvalue weighted by molar-refractivity contribution is 5.65. The molecule has 0 aromatic rings. The average molecular weight is 213 g/mol. The lowest BCUT2D eigenvalue weighted by Crippen LogP contribution is -2.60. The molecule has 5 heteroatoms. The van der Waals surface area contributed by atoms with E-state index < -0.39 is 5.54 Å². The predicted octanol–water partition coefficient (Wildman–Crippen LogP) is -0.819. The molecule has 0 saturated carbocycles. The van der Waals surface area contributed by atoms with Crippen LogP contribution in [0, 0.1) is 0 Å². The molecular weight excluding hydrogens is 196 g/mol. The lowest BCUT2D eigenvalue weighted by molar-refractivity contribution is -0.0506. The third-order valence-corrected chi connectivity index (χ3v) is 2.88. The molecular formula is C10H17N2O3. The molecule has 1 radical (unpaired) electrons. The standard InChI is InChI=1S/C10H17N2O3/c13-8-10(7-11-3-4-12-10)2-1-9-14-5-6-15-9/h9,11-12H,1-7H2. The fraction of sp³-hybridized carbons (Fsp3) is 0.900. The number of carbonyl (C=O) groups excluding carboxylic acids is 1. The van der Waals surface area contributed by atoms with Gasteiger partial charge in [-0.05, 0) is 6.42 Å². The van der Waals surface area contributed by atoms with Gasteiger partial charge in [-0.1, -0.05) is 0 Å². The van der Waals surface area contributed by atoms with Crippen LogP contribution in [-0.4, -0.2) is 51.0 Å². The van der Waals surface area contributed by atoms with Gasteiger partial charge in [0, 0.05) is 26.1 Å². The smallest absolute Gasteiger partial charge is 0.221 e. The van der Waals surface area contributed by atoms with Crippen LogP contribution in [0.5, 0.6) is 0 Å². The van der Waals surface area contributed by atoms with Gasteiger partial charge in [-0.2, -0.15) is 0 Å². The normalized spacial score (nSPS) is 33.1. The van der Waals surface area contributed by atoms with Gasteiger partial charge in [0.1, 0.15) is 0 Å². The van der Waals surface area contributed by atoms with Crippen LogP contribution < -0.4 is 10.6 Å². The molecule has 85 valence electrons. The molecule has 0 aromatic heterocycles. The molecule has 2 heterocycles. The second-order valence-electron chi connectivity index (χ2n) is 4.00. The van der Waals surface area contributed by atoms with Crippen LogP contribution in [0.25, 0.3) is 0 Å². The molecule has 0 aliphatic carbocycles. The maximum Gasteiger partial charge on any atom is 0.221 e. The zero-order valence-corrected chi connectivity index (χ0v) is 8.75. The summed E-state index contributed by atoms with van der Waals surface area (Å²) in [5.74, 6) is 0. The Bertz CT molecular complexity index is 211. The van der Waals surface area contributed by atoms with Crippen molar-refractivity contribution in [2.75, 3.05) is 32.8 Å². The highest BCUT2D eigenvalue weighted by atomic mass is 16.7. The molecule has 2 rings (SSSR count). The summed E-state index contributed by atoms with van der Waals surface area (Å²) in [6.45, 7) is 3.67. The quantitative estimate of drug-likeness (QED) is 0.639. The first-order valence-electron chi connectivity index (χ1n) is 5.43. The molecule has 0 aromatic carbocycles. The summed E-state index contributed by atoms with van der Waals surface area (Å²) in [6.07, 6.45) is 3.41. The molecule has 1 unspecified atom stereocenters. The van der Waals surface area contributed by atoms with Gasteiger partial charge in [0.2, 0.25) is 6.29 Å². The van der Waals surface area contributed by atoms with Gasteiger partial charge >= 0.3 is 0 Å². The molecule has 0 spiro atoms. The number of ether oxygens (including phenoxy) is 2. The fourth-order valence-corrected chi connectivity index (χ4v) is 1.99. The van der Waals surface area contributed by atoms with Crippen LogP contribution in [-0.2, 0) is 14.3 Å². The lowest BCUT2D eigenvalue weighted by Gasteiger charge is -2.33. The van der Waals surface area contributed by atoms with Crippen molar-refractivity contribution in [1.82, 2.24) is 10.6 Å². The van der Waals surface area contributed by atoms with Gasteiger partial charge in [-0.25, -0.2) is 0 Å². The average Bonchev–Trinajstić information content (AvgIpc) is 2.81. The second-order valence-corrected chi connectivity index (χ2v) is 4.00. The van der Waals surface area contributed by atoms with Crippen LogP contribution in [0.2, 0.25) is 0 Å². The van der Waals surface area contributed by atoms with Crippen molar-refractivity contribution in [3.05, 3.63) is 0 Å². The first-order valence-corrected chi connectivity index (χ1v) is 5.43. The second kappa shape index (κ2) is 5.03. The molecule has 2 fully saturated rings. The van der Waals surface area contributed by atoms with E-state index in [-0.39, 0.29) is 6.29 Å². The Kier molecular flexibility index (Phi) is 3.69. The van der Waals surface area contributed by atoms with Crippen LogP contribution in [0.1, 0.15) is 12.8 Å². The van der Waals surface area contributed by atoms with E-state index in [2.05, 4.69) is 16.9 Å². The van der Waals surface area contributed by atoms with Crippen molar-refractivity contribution in [1.29, 1.82) is 0 Å². The minimum atomic E-state index is -0.548. The number of nitrogens with one attached hydrogen (secondary N) is 2. The first kappa shape index (κ1) is 11.0. The van der Waals surface area contributed by atoms with Crippen molar-refractivity contribution in [3.8, 4) is 0 Å². The Labute approximate surface area is 89.5 Å². The number of rotatable bonds is 4. The highest BCUT2D eigenvalue weighted by Gasteiger charge is 2.33. The Hall–Kier alpha value is -0.490. The Morgan fingerprint density at radius 3 is 2.73 bits per heavy atom. The minimum Gasteiger partial charge on any atom is -0.350 e. The van der Waals surface area contributed by atoms with Gasteiger partial charge in [0.05, 0.1) is 18.8 Å². The Morgan fingerprint density at radius 2 is 2.13 bits per heavy atom. The monoisotopic (exact) mass is 213 g/mol. The van der Waals surface area contributed by atoms with E-state index in [1.54, 1.807) is 0 Å². The van der Waals surface area contributed by atoms with Crippen LogP contribution in [0.15, 0.2) is 0 Å². The van der Waals surface area contributed by atoms with Crippen LogP contribution in [0.3, 0.4) is 0 Å². The third-order valence-electron chi connectivity index (χ3n) is 2.88. The summed E-state index contributed by atoms with van der Waals surface area (Å²) in [7, 11) is 0. The summed E-state index contributed by atoms with van der Waals surface area (Å²) >= 11 is 0. The Morgan fingerprint density at radius 1 is 1.33 bits per heavy atom. The summed E-state index contributed by atoms with van der Waals surface area (Å²) < 4.78 is 10.7. The molecule has 5 nitrogen and oxygen atoms in total. The topological polar surface area (TPSA) is 59.6 Å². The molecule has 2 saturated heterocycles. The maximum absolute atomic E-state index is 11.0. The van der Waals surface area contributed by atoms with Crippen molar-refractivity contribution in [2.24, 2.45) is 0 Å². The van der Waals surface area contributed by atoms with Gasteiger partial charge in [-0.15, -0.1) is 0 Å². The van der Waals surface area contributed by atoms with Gasteiger partial charge < -0.3 is 20.1 Å². The fourth-order valence-electron chi connectivity index (χ4n) is 1.99. The molecule has 0 amide bonds. The molecule has 15 heavy (non-hydrogen) atoms. The number of hydrogen-bond acceptors (Lipinski definition) is 5. The van der Waals surface area contributed by atoms with E-state index in [4.69, 9.17) is 9.47 Å². The zero-order valence-electron chi connectivity index (χ0n) is 8.75. The summed E-state index contributed by atoms with van der Waals surface area (Å²) in [5.41, 5.74) is -0.548. The number of piperazine rings is 1. The predicted molar refractivity (Wildman–Crippen MR) is 54.2 cm³/mol. The highest BCUT2D eigenvalue weighted by Crippen LogP contribution is 2.17. The molecule has 1 atom stereocenters. The number of hydrogen-bond donors (Lipinski definition) is 2.